The van der Waals surface area contributed by atoms with Gasteiger partial charge in [0.05, 0.1) is 5.56 Å². The molecular weight excluding hydrogens is 400 g/mol. The molecule has 1 amide bonds. The van der Waals surface area contributed by atoms with Crippen molar-refractivity contribution in [1.82, 2.24) is 0 Å². The molecule has 2 aromatic carbocycles. The Balaban J connectivity index is 1.95. The van der Waals surface area contributed by atoms with Crippen molar-refractivity contribution in [1.29, 1.82) is 0 Å². The van der Waals surface area contributed by atoms with Crippen LogP contribution in [0.1, 0.15) is 16.9 Å². The van der Waals surface area contributed by atoms with Gasteiger partial charge in [-0.2, -0.15) is 0 Å². The Morgan fingerprint density at radius 1 is 1.24 bits per heavy atom. The topological polar surface area (TPSA) is 45.8 Å². The first-order valence-corrected chi connectivity index (χ1v) is 9.84. The molecule has 3 heterocycles. The molecule has 5 rings (SSSR count). The third kappa shape index (κ3) is 1.74. The number of carbonyl (C=O) groups excluding carboxylic acids is 1. The maximum Gasteiger partial charge on any atom is 0.264 e. The molecule has 3 aromatic rings. The molecule has 0 unspecified atom stereocenters. The number of hydrogen-bond donors (Lipinski definition) is 0. The smallest absolute Gasteiger partial charge is 0.264 e. The summed E-state index contributed by atoms with van der Waals surface area (Å²) in [5, 5.41) is 1.69. The Hall–Kier alpha value is -2.05. The number of anilines is 1. The average Bonchev–Trinajstić information content (AvgIpc) is 3.22. The number of likely N-dealkylation sites (N-methyl/N-ethyl adjacent to an activating group) is 1. The molecule has 0 N–H and O–H groups in total. The van der Waals surface area contributed by atoms with E-state index in [-0.39, 0.29) is 5.91 Å². The lowest BCUT2D eigenvalue weighted by molar-refractivity contribution is -0.121. The molecule has 0 radical (unpaired) electrons. The van der Waals surface area contributed by atoms with E-state index in [1.165, 1.54) is 11.8 Å². The second kappa shape index (κ2) is 4.99. The summed E-state index contributed by atoms with van der Waals surface area (Å²) < 4.78 is 7.06. The van der Waals surface area contributed by atoms with Gasteiger partial charge in [-0.15, -0.1) is 11.8 Å². The van der Waals surface area contributed by atoms with Gasteiger partial charge in [-0.25, -0.2) is 4.99 Å². The van der Waals surface area contributed by atoms with Gasteiger partial charge in [0.2, 0.25) is 0 Å². The van der Waals surface area contributed by atoms with Crippen molar-refractivity contribution in [3.05, 3.63) is 63.8 Å². The predicted octanol–water partition coefficient (Wildman–Crippen LogP) is 4.54. The fourth-order valence-electron chi connectivity index (χ4n) is 3.87. The number of nitrogens with zero attached hydrogens (tertiary/aromatic N) is 2. The zero-order valence-corrected chi connectivity index (χ0v) is 15.9. The summed E-state index contributed by atoms with van der Waals surface area (Å²) in [4.78, 5) is 20.0. The summed E-state index contributed by atoms with van der Waals surface area (Å²) >= 11 is 5.04. The molecule has 0 fully saturated rings. The quantitative estimate of drug-likeness (QED) is 0.544. The number of aliphatic imine (C=N–C) groups is 1. The summed E-state index contributed by atoms with van der Waals surface area (Å²) in [6.45, 7) is 0. The molecule has 25 heavy (non-hydrogen) atoms. The SMILES string of the molecule is CSC1=N[C@@]2(C(=O)N(C)c3ccccc32)c2c1oc1ccc(Br)cc21. The molecule has 0 saturated carbocycles. The molecule has 1 atom stereocenters. The van der Waals surface area contributed by atoms with Crippen molar-refractivity contribution < 1.29 is 9.21 Å². The van der Waals surface area contributed by atoms with E-state index >= 15 is 0 Å². The Bertz CT molecular complexity index is 1100. The molecule has 2 aliphatic heterocycles. The predicted molar refractivity (Wildman–Crippen MR) is 105 cm³/mol. The third-order valence-corrected chi connectivity index (χ3v) is 6.09. The number of rotatable bonds is 0. The standard InChI is InChI=1S/C19H13BrN2O2S/c1-22-13-6-4-3-5-12(13)19(18(22)23)15-11-9-10(20)7-8-14(11)24-16(15)17(21-19)25-2/h3-9H,1-2H3/t19-/m1/s1. The summed E-state index contributed by atoms with van der Waals surface area (Å²) in [5.41, 5.74) is 2.39. The van der Waals surface area contributed by atoms with Gasteiger partial charge in [0.25, 0.3) is 5.91 Å². The second-order valence-corrected chi connectivity index (χ2v) is 7.87. The van der Waals surface area contributed by atoms with Crippen LogP contribution >= 0.6 is 27.7 Å². The Kier molecular flexibility index (Phi) is 3.04. The van der Waals surface area contributed by atoms with Crippen molar-refractivity contribution in [2.24, 2.45) is 4.99 Å². The number of carbonyl (C=O) groups is 1. The van der Waals surface area contributed by atoms with E-state index in [0.717, 1.165) is 37.3 Å². The monoisotopic (exact) mass is 412 g/mol. The van der Waals surface area contributed by atoms with E-state index in [0.29, 0.717) is 5.76 Å². The first kappa shape index (κ1) is 15.2. The van der Waals surface area contributed by atoms with Crippen LogP contribution in [0, 0.1) is 0 Å². The highest BCUT2D eigenvalue weighted by Crippen LogP contribution is 2.54. The summed E-state index contributed by atoms with van der Waals surface area (Å²) in [5.74, 6) is 0.667. The minimum Gasteiger partial charge on any atom is -0.453 e. The van der Waals surface area contributed by atoms with E-state index in [2.05, 4.69) is 15.9 Å². The van der Waals surface area contributed by atoms with Crippen LogP contribution in [0.5, 0.6) is 0 Å². The van der Waals surface area contributed by atoms with Crippen molar-refractivity contribution in [3.8, 4) is 0 Å². The first-order chi connectivity index (χ1) is 12.1. The molecule has 4 nitrogen and oxygen atoms in total. The number of para-hydroxylation sites is 1. The number of furan rings is 1. The fraction of sp³-hybridized carbons (Fsp3) is 0.158. The lowest BCUT2D eigenvalue weighted by Crippen LogP contribution is -2.36. The van der Waals surface area contributed by atoms with E-state index in [9.17, 15) is 4.79 Å². The van der Waals surface area contributed by atoms with Crippen molar-refractivity contribution in [2.75, 3.05) is 18.2 Å². The number of fused-ring (bicyclic) bond motifs is 6. The summed E-state index contributed by atoms with van der Waals surface area (Å²) in [6, 6.07) is 13.7. The number of hydrogen-bond acceptors (Lipinski definition) is 4. The van der Waals surface area contributed by atoms with Crippen LogP contribution in [0.2, 0.25) is 0 Å². The molecular formula is C19H13BrN2O2S. The van der Waals surface area contributed by atoms with Gasteiger partial charge in [-0.3, -0.25) is 4.79 Å². The molecule has 0 bridgehead atoms. The van der Waals surface area contributed by atoms with Gasteiger partial charge in [-0.1, -0.05) is 34.1 Å². The zero-order chi connectivity index (χ0) is 17.3. The normalized spacial score (nSPS) is 21.2. The molecule has 2 aliphatic rings. The van der Waals surface area contributed by atoms with Crippen LogP contribution in [-0.2, 0) is 10.3 Å². The van der Waals surface area contributed by atoms with Gasteiger partial charge >= 0.3 is 0 Å². The largest absolute Gasteiger partial charge is 0.453 e. The van der Waals surface area contributed by atoms with Crippen LogP contribution in [-0.4, -0.2) is 24.3 Å². The maximum atomic E-state index is 13.4. The highest BCUT2D eigenvalue weighted by molar-refractivity contribution is 9.10. The van der Waals surface area contributed by atoms with Crippen molar-refractivity contribution in [3.63, 3.8) is 0 Å². The van der Waals surface area contributed by atoms with E-state index in [4.69, 9.17) is 9.41 Å². The average molecular weight is 413 g/mol. The van der Waals surface area contributed by atoms with Gasteiger partial charge < -0.3 is 9.32 Å². The Morgan fingerprint density at radius 3 is 2.84 bits per heavy atom. The number of halogens is 1. The minimum atomic E-state index is -1.05. The molecule has 6 heteroatoms. The van der Waals surface area contributed by atoms with Gasteiger partial charge in [0, 0.05) is 28.2 Å². The number of benzene rings is 2. The van der Waals surface area contributed by atoms with Gasteiger partial charge in [-0.05, 0) is 30.5 Å². The highest BCUT2D eigenvalue weighted by Gasteiger charge is 2.57. The highest BCUT2D eigenvalue weighted by atomic mass is 79.9. The first-order valence-electron chi connectivity index (χ1n) is 7.82. The lowest BCUT2D eigenvalue weighted by Gasteiger charge is -2.20. The van der Waals surface area contributed by atoms with Crippen LogP contribution in [0.25, 0.3) is 11.0 Å². The summed E-state index contributed by atoms with van der Waals surface area (Å²) in [7, 11) is 1.81. The molecule has 0 aliphatic carbocycles. The molecule has 1 spiro atoms. The Labute approximate surface area is 157 Å². The van der Waals surface area contributed by atoms with Crippen molar-refractivity contribution in [2.45, 2.75) is 5.54 Å². The fourth-order valence-corrected chi connectivity index (χ4v) is 4.78. The van der Waals surface area contributed by atoms with E-state index < -0.39 is 5.54 Å². The lowest BCUT2D eigenvalue weighted by atomic mass is 9.84. The summed E-state index contributed by atoms with van der Waals surface area (Å²) in [6.07, 6.45) is 1.96. The third-order valence-electron chi connectivity index (χ3n) is 4.94. The molecule has 1 aromatic heterocycles. The Morgan fingerprint density at radius 2 is 2.04 bits per heavy atom. The number of thioether (sulfide) groups is 1. The van der Waals surface area contributed by atoms with E-state index in [1.54, 1.807) is 11.9 Å². The zero-order valence-electron chi connectivity index (χ0n) is 13.5. The van der Waals surface area contributed by atoms with Gasteiger partial charge in [0.1, 0.15) is 10.6 Å². The van der Waals surface area contributed by atoms with Gasteiger partial charge in [0.15, 0.2) is 11.3 Å². The molecule has 0 saturated heterocycles. The second-order valence-electron chi connectivity index (χ2n) is 6.16. The van der Waals surface area contributed by atoms with Crippen LogP contribution in [0.4, 0.5) is 5.69 Å². The maximum absolute atomic E-state index is 13.4. The number of amides is 1. The van der Waals surface area contributed by atoms with E-state index in [1.807, 2.05) is 48.7 Å². The molecule has 124 valence electrons. The van der Waals surface area contributed by atoms with Crippen LogP contribution < -0.4 is 4.90 Å². The van der Waals surface area contributed by atoms with Crippen LogP contribution in [0.15, 0.2) is 56.3 Å². The minimum absolute atomic E-state index is 0.0401. The van der Waals surface area contributed by atoms with Crippen molar-refractivity contribution >= 4 is 55.3 Å². The van der Waals surface area contributed by atoms with Crippen LogP contribution in [0.3, 0.4) is 0 Å².